The smallest absolute Gasteiger partial charge is 0.351 e. The maximum Gasteiger partial charge on any atom is 0.351 e. The van der Waals surface area contributed by atoms with E-state index in [1.165, 1.54) is 0 Å². The molecule has 1 saturated carbocycles. The van der Waals surface area contributed by atoms with E-state index in [4.69, 9.17) is 19.6 Å². The Hall–Kier alpha value is 0.0700. The zero-order valence-corrected chi connectivity index (χ0v) is 7.70. The molecule has 72 valence electrons. The predicted molar refractivity (Wildman–Crippen MR) is 41.6 cm³/mol. The van der Waals surface area contributed by atoms with Gasteiger partial charge in [0.2, 0.25) is 0 Å². The Balaban J connectivity index is 2.37. The summed E-state index contributed by atoms with van der Waals surface area (Å²) in [4.78, 5) is 17.0. The van der Waals surface area contributed by atoms with Gasteiger partial charge in [-0.25, -0.2) is 0 Å². The zero-order valence-electron chi connectivity index (χ0n) is 6.80. The summed E-state index contributed by atoms with van der Waals surface area (Å²) in [6, 6.07) is 0. The van der Waals surface area contributed by atoms with Crippen LogP contribution in [0.2, 0.25) is 0 Å². The van der Waals surface area contributed by atoms with Crippen LogP contribution in [0.4, 0.5) is 0 Å². The van der Waals surface area contributed by atoms with Gasteiger partial charge in [0, 0.05) is 0 Å². The van der Waals surface area contributed by atoms with Crippen molar-refractivity contribution < 1.29 is 24.2 Å². The van der Waals surface area contributed by atoms with Crippen molar-refractivity contribution >= 4 is 7.60 Å². The highest BCUT2D eigenvalue weighted by Gasteiger charge is 2.52. The van der Waals surface area contributed by atoms with Gasteiger partial charge in [0.1, 0.15) is 6.35 Å². The zero-order chi connectivity index (χ0) is 9.41. The van der Waals surface area contributed by atoms with E-state index < -0.39 is 19.5 Å². The Morgan fingerprint density at radius 2 is 2.17 bits per heavy atom. The van der Waals surface area contributed by atoms with Crippen LogP contribution in [-0.2, 0) is 9.30 Å². The average Bonchev–Trinajstić information content (AvgIpc) is 2.57. The number of hydrogen-bond donors (Lipinski definition) is 3. The topological polar surface area (TPSA) is 87.0 Å². The number of ether oxygens (including phenoxy) is 1. The lowest BCUT2D eigenvalue weighted by atomic mass is 10.3. The van der Waals surface area contributed by atoms with Gasteiger partial charge < -0.3 is 19.6 Å². The minimum atomic E-state index is -4.10. The van der Waals surface area contributed by atoms with Crippen LogP contribution in [-0.4, -0.2) is 33.4 Å². The standard InChI is InChI=1S/C6H13O5P/c1-5-2-6(5,3-7)11-4-12(8,9)10/h5,7H,2-4H2,1H3,(H2,8,9,10). The van der Waals surface area contributed by atoms with E-state index in [1.54, 1.807) is 0 Å². The summed E-state index contributed by atoms with van der Waals surface area (Å²) < 4.78 is 15.4. The second-order valence-corrected chi connectivity index (χ2v) is 4.85. The first kappa shape index (κ1) is 10.2. The molecule has 0 aliphatic heterocycles. The SMILES string of the molecule is CC1CC1(CO)OCP(=O)(O)O. The van der Waals surface area contributed by atoms with Gasteiger partial charge in [-0.05, 0) is 12.3 Å². The molecule has 12 heavy (non-hydrogen) atoms. The molecule has 0 bridgehead atoms. The lowest BCUT2D eigenvalue weighted by Gasteiger charge is -2.14. The van der Waals surface area contributed by atoms with Crippen LogP contribution < -0.4 is 0 Å². The summed E-state index contributed by atoms with van der Waals surface area (Å²) >= 11 is 0. The van der Waals surface area contributed by atoms with E-state index in [-0.39, 0.29) is 12.5 Å². The fourth-order valence-corrected chi connectivity index (χ4v) is 1.56. The molecule has 6 heteroatoms. The molecule has 0 spiro atoms. The number of aliphatic hydroxyl groups is 1. The van der Waals surface area contributed by atoms with E-state index >= 15 is 0 Å². The molecule has 0 heterocycles. The summed E-state index contributed by atoms with van der Waals surface area (Å²) in [5, 5.41) is 8.85. The second kappa shape index (κ2) is 3.09. The van der Waals surface area contributed by atoms with E-state index in [2.05, 4.69) is 0 Å². The summed E-state index contributed by atoms with van der Waals surface area (Å²) in [5.74, 6) is 0.189. The first-order valence-corrected chi connectivity index (χ1v) is 5.49. The van der Waals surface area contributed by atoms with Crippen LogP contribution in [0.1, 0.15) is 13.3 Å². The van der Waals surface area contributed by atoms with Gasteiger partial charge in [-0.3, -0.25) is 4.57 Å². The third kappa shape index (κ3) is 2.28. The molecule has 1 aliphatic rings. The molecule has 0 radical (unpaired) electrons. The average molecular weight is 196 g/mol. The molecule has 0 aromatic carbocycles. The molecule has 2 unspecified atom stereocenters. The summed E-state index contributed by atoms with van der Waals surface area (Å²) in [7, 11) is -4.10. The van der Waals surface area contributed by atoms with Gasteiger partial charge in [-0.1, -0.05) is 6.92 Å². The fourth-order valence-electron chi connectivity index (χ4n) is 1.14. The lowest BCUT2D eigenvalue weighted by Crippen LogP contribution is -2.22. The molecule has 0 aromatic rings. The molecular weight excluding hydrogens is 183 g/mol. The summed E-state index contributed by atoms with van der Waals surface area (Å²) in [5.41, 5.74) is -0.679. The molecular formula is C6H13O5P. The van der Waals surface area contributed by atoms with Crippen LogP contribution in [0, 0.1) is 5.92 Å². The Kier molecular flexibility index (Phi) is 2.61. The Bertz CT molecular complexity index is 208. The summed E-state index contributed by atoms with van der Waals surface area (Å²) in [6.45, 7) is 1.70. The van der Waals surface area contributed by atoms with Gasteiger partial charge >= 0.3 is 7.60 Å². The molecule has 1 fully saturated rings. The fraction of sp³-hybridized carbons (Fsp3) is 1.00. The van der Waals surface area contributed by atoms with Gasteiger partial charge in [0.05, 0.1) is 12.2 Å². The normalized spacial score (nSPS) is 35.2. The van der Waals surface area contributed by atoms with Crippen LogP contribution in [0.5, 0.6) is 0 Å². The molecule has 3 N–H and O–H groups in total. The minimum absolute atomic E-state index is 0.172. The Morgan fingerprint density at radius 1 is 1.67 bits per heavy atom. The van der Waals surface area contributed by atoms with Crippen LogP contribution in [0.15, 0.2) is 0 Å². The first-order chi connectivity index (χ1) is 5.40. The molecule has 2 atom stereocenters. The van der Waals surface area contributed by atoms with Gasteiger partial charge in [-0.2, -0.15) is 0 Å². The van der Waals surface area contributed by atoms with Crippen molar-refractivity contribution in [2.45, 2.75) is 18.9 Å². The molecule has 5 nitrogen and oxygen atoms in total. The summed E-state index contributed by atoms with van der Waals surface area (Å²) in [6.07, 6.45) is 0.0708. The molecule has 0 aromatic heterocycles. The first-order valence-electron chi connectivity index (χ1n) is 3.69. The maximum atomic E-state index is 10.4. The van der Waals surface area contributed by atoms with Crippen molar-refractivity contribution in [3.05, 3.63) is 0 Å². The van der Waals surface area contributed by atoms with Crippen molar-refractivity contribution in [3.8, 4) is 0 Å². The highest BCUT2D eigenvalue weighted by molar-refractivity contribution is 7.51. The number of aliphatic hydroxyl groups excluding tert-OH is 1. The van der Waals surface area contributed by atoms with Gasteiger partial charge in [0.15, 0.2) is 0 Å². The number of hydrogen-bond acceptors (Lipinski definition) is 3. The third-order valence-corrected chi connectivity index (χ3v) is 2.64. The third-order valence-electron chi connectivity index (χ3n) is 2.18. The quantitative estimate of drug-likeness (QED) is 0.547. The van der Waals surface area contributed by atoms with Gasteiger partial charge in [0.25, 0.3) is 0 Å². The second-order valence-electron chi connectivity index (χ2n) is 3.27. The maximum absolute atomic E-state index is 10.4. The predicted octanol–water partition coefficient (Wildman–Crippen LogP) is -0.0909. The number of rotatable bonds is 4. The van der Waals surface area contributed by atoms with Crippen molar-refractivity contribution in [1.82, 2.24) is 0 Å². The van der Waals surface area contributed by atoms with Crippen molar-refractivity contribution in [2.75, 3.05) is 13.0 Å². The Labute approximate surface area is 70.5 Å². The van der Waals surface area contributed by atoms with Crippen LogP contribution in [0.3, 0.4) is 0 Å². The highest BCUT2D eigenvalue weighted by atomic mass is 31.2. The molecule has 0 amide bonds. The monoisotopic (exact) mass is 196 g/mol. The van der Waals surface area contributed by atoms with Crippen molar-refractivity contribution in [2.24, 2.45) is 5.92 Å². The molecule has 1 rings (SSSR count). The molecule has 0 saturated heterocycles. The highest BCUT2D eigenvalue weighted by Crippen LogP contribution is 2.49. The van der Waals surface area contributed by atoms with E-state index in [9.17, 15) is 4.57 Å². The molecule has 1 aliphatic carbocycles. The van der Waals surface area contributed by atoms with E-state index in [0.717, 1.165) is 0 Å². The minimum Gasteiger partial charge on any atom is -0.393 e. The van der Waals surface area contributed by atoms with E-state index in [0.29, 0.717) is 6.42 Å². The lowest BCUT2D eigenvalue weighted by molar-refractivity contribution is 0.000104. The van der Waals surface area contributed by atoms with Crippen molar-refractivity contribution in [3.63, 3.8) is 0 Å². The van der Waals surface area contributed by atoms with Gasteiger partial charge in [-0.15, -0.1) is 0 Å². The Morgan fingerprint density at radius 3 is 2.42 bits per heavy atom. The van der Waals surface area contributed by atoms with E-state index in [1.807, 2.05) is 6.92 Å². The largest absolute Gasteiger partial charge is 0.393 e. The van der Waals surface area contributed by atoms with Crippen molar-refractivity contribution in [1.29, 1.82) is 0 Å². The van der Waals surface area contributed by atoms with Crippen LogP contribution >= 0.6 is 7.60 Å². The van der Waals surface area contributed by atoms with Crippen LogP contribution in [0.25, 0.3) is 0 Å².